The molecule has 3 aromatic rings. The molecule has 0 heterocycles. The first-order valence-corrected chi connectivity index (χ1v) is 8.19. The summed E-state index contributed by atoms with van der Waals surface area (Å²) in [7, 11) is 1.31. The molecule has 26 heavy (non-hydrogen) atoms. The van der Waals surface area contributed by atoms with E-state index in [0.29, 0.717) is 23.5 Å². The van der Waals surface area contributed by atoms with Crippen LogP contribution < -0.4 is 9.47 Å². The van der Waals surface area contributed by atoms with E-state index in [1.165, 1.54) is 7.11 Å². The summed E-state index contributed by atoms with van der Waals surface area (Å²) < 4.78 is 15.7. The van der Waals surface area contributed by atoms with Crippen LogP contribution in [-0.2, 0) is 4.74 Å². The van der Waals surface area contributed by atoms with Crippen LogP contribution in [0.4, 0.5) is 0 Å². The monoisotopic (exact) mass is 350 g/mol. The highest BCUT2D eigenvalue weighted by Gasteiger charge is 2.15. The summed E-state index contributed by atoms with van der Waals surface area (Å²) in [4.78, 5) is 24.1. The van der Waals surface area contributed by atoms with Crippen LogP contribution in [0.3, 0.4) is 0 Å². The van der Waals surface area contributed by atoms with Crippen LogP contribution in [0.2, 0.25) is 0 Å². The Hall–Kier alpha value is -3.34. The highest BCUT2D eigenvalue weighted by Crippen LogP contribution is 2.29. The molecule has 0 amide bonds. The lowest BCUT2D eigenvalue weighted by Crippen LogP contribution is -2.10. The lowest BCUT2D eigenvalue weighted by atomic mass is 10.0. The number of fused-ring (bicyclic) bond motifs is 1. The number of methoxy groups -OCH3 is 1. The average Bonchev–Trinajstić information content (AvgIpc) is 2.68. The fraction of sp³-hybridized carbons (Fsp3) is 0.143. The zero-order valence-electron chi connectivity index (χ0n) is 14.5. The molecule has 5 heteroatoms. The zero-order chi connectivity index (χ0) is 18.5. The summed E-state index contributed by atoms with van der Waals surface area (Å²) in [6.45, 7) is 2.45. The van der Waals surface area contributed by atoms with E-state index in [1.54, 1.807) is 36.4 Å². The second kappa shape index (κ2) is 7.70. The van der Waals surface area contributed by atoms with Crippen LogP contribution in [0, 0.1) is 0 Å². The first kappa shape index (κ1) is 17.5. The standard InChI is InChI=1S/C21H18O5/c1-3-25-19-13-12-18(16-6-4-5-7-17(16)19)21(23)26-15-10-8-14(9-11-15)20(22)24-2/h4-13H,3H2,1-2H3. The normalized spacial score (nSPS) is 10.4. The van der Waals surface area contributed by atoms with Crippen molar-refractivity contribution in [1.82, 2.24) is 0 Å². The number of hydrogen-bond acceptors (Lipinski definition) is 5. The van der Waals surface area contributed by atoms with Crippen LogP contribution in [0.25, 0.3) is 10.8 Å². The van der Waals surface area contributed by atoms with Crippen LogP contribution >= 0.6 is 0 Å². The molecule has 0 aliphatic rings. The Bertz CT molecular complexity index is 944. The van der Waals surface area contributed by atoms with Crippen molar-refractivity contribution in [3.05, 3.63) is 71.8 Å². The topological polar surface area (TPSA) is 61.8 Å². The van der Waals surface area contributed by atoms with Gasteiger partial charge in [-0.3, -0.25) is 0 Å². The van der Waals surface area contributed by atoms with E-state index in [2.05, 4.69) is 4.74 Å². The van der Waals surface area contributed by atoms with E-state index >= 15 is 0 Å². The third kappa shape index (κ3) is 3.52. The molecule has 0 aliphatic heterocycles. The van der Waals surface area contributed by atoms with E-state index in [1.807, 2.05) is 31.2 Å². The Morgan fingerprint density at radius 1 is 0.846 bits per heavy atom. The quantitative estimate of drug-likeness (QED) is 0.509. The second-order valence-corrected chi connectivity index (χ2v) is 5.50. The highest BCUT2D eigenvalue weighted by atomic mass is 16.5. The Labute approximate surface area is 151 Å². The van der Waals surface area contributed by atoms with Gasteiger partial charge in [-0.2, -0.15) is 0 Å². The smallest absolute Gasteiger partial charge is 0.344 e. The van der Waals surface area contributed by atoms with Gasteiger partial charge in [-0.15, -0.1) is 0 Å². The number of benzene rings is 3. The van der Waals surface area contributed by atoms with Gasteiger partial charge < -0.3 is 14.2 Å². The predicted octanol–water partition coefficient (Wildman–Crippen LogP) is 4.24. The molecule has 0 bridgehead atoms. The predicted molar refractivity (Wildman–Crippen MR) is 97.9 cm³/mol. The minimum absolute atomic E-state index is 0.348. The molecule has 3 aromatic carbocycles. The van der Waals surface area contributed by atoms with Crippen molar-refractivity contribution in [3.8, 4) is 11.5 Å². The first-order valence-electron chi connectivity index (χ1n) is 8.19. The van der Waals surface area contributed by atoms with Gasteiger partial charge >= 0.3 is 11.9 Å². The SMILES string of the molecule is CCOc1ccc(C(=O)Oc2ccc(C(=O)OC)cc2)c2ccccc12. The van der Waals surface area contributed by atoms with E-state index in [4.69, 9.17) is 9.47 Å². The van der Waals surface area contributed by atoms with Crippen molar-refractivity contribution in [1.29, 1.82) is 0 Å². The average molecular weight is 350 g/mol. The summed E-state index contributed by atoms with van der Waals surface area (Å²) in [5, 5.41) is 1.61. The van der Waals surface area contributed by atoms with E-state index in [-0.39, 0.29) is 0 Å². The van der Waals surface area contributed by atoms with E-state index in [9.17, 15) is 9.59 Å². The van der Waals surface area contributed by atoms with Crippen LogP contribution in [0.5, 0.6) is 11.5 Å². The maximum absolute atomic E-state index is 12.6. The van der Waals surface area contributed by atoms with Crippen LogP contribution in [0.1, 0.15) is 27.6 Å². The Morgan fingerprint density at radius 2 is 1.54 bits per heavy atom. The van der Waals surface area contributed by atoms with Gasteiger partial charge in [0.15, 0.2) is 0 Å². The summed E-state index contributed by atoms with van der Waals surface area (Å²) in [5.41, 5.74) is 0.833. The van der Waals surface area contributed by atoms with Gasteiger partial charge in [-0.05, 0) is 48.7 Å². The van der Waals surface area contributed by atoms with Gasteiger partial charge in [-0.1, -0.05) is 24.3 Å². The molecule has 0 saturated heterocycles. The van der Waals surface area contributed by atoms with Crippen molar-refractivity contribution in [2.45, 2.75) is 6.92 Å². The maximum atomic E-state index is 12.6. The molecule has 5 nitrogen and oxygen atoms in total. The fourth-order valence-electron chi connectivity index (χ4n) is 2.67. The number of esters is 2. The summed E-state index contributed by atoms with van der Waals surface area (Å²) in [5.74, 6) is 0.151. The molecular weight excluding hydrogens is 332 g/mol. The Morgan fingerprint density at radius 3 is 2.19 bits per heavy atom. The molecule has 0 aliphatic carbocycles. The molecule has 0 fully saturated rings. The van der Waals surface area contributed by atoms with Crippen molar-refractivity contribution in [2.75, 3.05) is 13.7 Å². The van der Waals surface area contributed by atoms with Crippen molar-refractivity contribution >= 4 is 22.7 Å². The number of rotatable bonds is 5. The van der Waals surface area contributed by atoms with Crippen LogP contribution in [0.15, 0.2) is 60.7 Å². The molecule has 0 aromatic heterocycles. The highest BCUT2D eigenvalue weighted by molar-refractivity contribution is 6.07. The van der Waals surface area contributed by atoms with Crippen molar-refractivity contribution < 1.29 is 23.8 Å². The summed E-state index contributed by atoms with van der Waals surface area (Å²) in [6, 6.07) is 17.2. The Kier molecular flexibility index (Phi) is 5.17. The van der Waals surface area contributed by atoms with Gasteiger partial charge in [0.25, 0.3) is 0 Å². The number of hydrogen-bond donors (Lipinski definition) is 0. The zero-order valence-corrected chi connectivity index (χ0v) is 14.5. The molecular formula is C21H18O5. The number of carbonyl (C=O) groups excluding carboxylic acids is 2. The van der Waals surface area contributed by atoms with Crippen molar-refractivity contribution in [3.63, 3.8) is 0 Å². The Balaban J connectivity index is 1.88. The number of carbonyl (C=O) groups is 2. The molecule has 0 radical (unpaired) electrons. The lowest BCUT2D eigenvalue weighted by Gasteiger charge is -2.11. The molecule has 3 rings (SSSR count). The van der Waals surface area contributed by atoms with E-state index < -0.39 is 11.9 Å². The summed E-state index contributed by atoms with van der Waals surface area (Å²) in [6.07, 6.45) is 0. The largest absolute Gasteiger partial charge is 0.493 e. The third-order valence-corrected chi connectivity index (χ3v) is 3.89. The fourth-order valence-corrected chi connectivity index (χ4v) is 2.67. The lowest BCUT2D eigenvalue weighted by molar-refractivity contribution is 0.0600. The van der Waals surface area contributed by atoms with Gasteiger partial charge in [-0.25, -0.2) is 9.59 Å². The molecule has 0 spiro atoms. The maximum Gasteiger partial charge on any atom is 0.344 e. The van der Waals surface area contributed by atoms with Crippen molar-refractivity contribution in [2.24, 2.45) is 0 Å². The van der Waals surface area contributed by atoms with Crippen LogP contribution in [-0.4, -0.2) is 25.7 Å². The minimum atomic E-state index is -0.477. The summed E-state index contributed by atoms with van der Waals surface area (Å²) >= 11 is 0. The van der Waals surface area contributed by atoms with Gasteiger partial charge in [0.2, 0.25) is 0 Å². The molecule has 132 valence electrons. The van der Waals surface area contributed by atoms with Gasteiger partial charge in [0.1, 0.15) is 11.5 Å². The van der Waals surface area contributed by atoms with Gasteiger partial charge in [0.05, 0.1) is 24.8 Å². The third-order valence-electron chi connectivity index (χ3n) is 3.89. The van der Waals surface area contributed by atoms with Gasteiger partial charge in [0, 0.05) is 5.39 Å². The number of ether oxygens (including phenoxy) is 3. The molecule has 0 saturated carbocycles. The molecule has 0 atom stereocenters. The second-order valence-electron chi connectivity index (χ2n) is 5.50. The van der Waals surface area contributed by atoms with E-state index in [0.717, 1.165) is 16.5 Å². The minimum Gasteiger partial charge on any atom is -0.493 e. The molecule has 0 unspecified atom stereocenters. The molecule has 0 N–H and O–H groups in total. The first-order chi connectivity index (χ1) is 12.6.